The summed E-state index contributed by atoms with van der Waals surface area (Å²) in [7, 11) is -0.866. The van der Waals surface area contributed by atoms with E-state index in [-0.39, 0.29) is 17.7 Å². The Hall–Kier alpha value is -2.07. The van der Waals surface area contributed by atoms with E-state index < -0.39 is 21.1 Å². The largest absolute Gasteiger partial charge is 0.495 e. The summed E-state index contributed by atoms with van der Waals surface area (Å²) in [4.78, 5) is 11.2. The van der Waals surface area contributed by atoms with E-state index in [0.717, 1.165) is 0 Å². The van der Waals surface area contributed by atoms with Gasteiger partial charge in [-0.15, -0.1) is 0 Å². The van der Waals surface area contributed by atoms with E-state index in [1.165, 1.54) is 27.2 Å². The number of benzene rings is 1. The van der Waals surface area contributed by atoms with Gasteiger partial charge in [0.25, 0.3) is 0 Å². The van der Waals surface area contributed by atoms with Crippen molar-refractivity contribution in [3.05, 3.63) is 29.3 Å². The van der Waals surface area contributed by atoms with Gasteiger partial charge in [-0.1, -0.05) is 6.07 Å². The third-order valence-electron chi connectivity index (χ3n) is 3.05. The first-order chi connectivity index (χ1) is 9.83. The van der Waals surface area contributed by atoms with Crippen molar-refractivity contribution in [3.8, 4) is 11.8 Å². The molecule has 1 atom stereocenters. The third kappa shape index (κ3) is 4.46. The average molecular weight is 311 g/mol. The number of rotatable bonds is 6. The molecule has 0 N–H and O–H groups in total. The molecular weight excluding hydrogens is 294 g/mol. The highest BCUT2D eigenvalue weighted by atomic mass is 32.2. The molecule has 0 heterocycles. The second-order valence-corrected chi connectivity index (χ2v) is 6.96. The van der Waals surface area contributed by atoms with Gasteiger partial charge in [0.2, 0.25) is 0 Å². The fourth-order valence-corrected chi connectivity index (χ4v) is 3.07. The molecule has 0 aliphatic rings. The normalized spacial score (nSPS) is 12.3. The number of carbonyl (C=O) groups is 1. The van der Waals surface area contributed by atoms with E-state index in [4.69, 9.17) is 10.00 Å². The van der Waals surface area contributed by atoms with Crippen molar-refractivity contribution in [3.63, 3.8) is 0 Å². The van der Waals surface area contributed by atoms with E-state index >= 15 is 0 Å². The minimum absolute atomic E-state index is 0.194. The number of ether oxygens (including phenoxy) is 2. The van der Waals surface area contributed by atoms with Crippen LogP contribution in [0.25, 0.3) is 0 Å². The molecule has 0 saturated heterocycles. The molecule has 6 nitrogen and oxygen atoms in total. The van der Waals surface area contributed by atoms with Gasteiger partial charge in [0.1, 0.15) is 11.8 Å². The fourth-order valence-electron chi connectivity index (χ4n) is 1.75. The highest BCUT2D eigenvalue weighted by Gasteiger charge is 2.24. The highest BCUT2D eigenvalue weighted by molar-refractivity contribution is 7.91. The number of carbonyl (C=O) groups excluding carboxylic acids is 1. The van der Waals surface area contributed by atoms with Crippen molar-refractivity contribution in [2.75, 3.05) is 14.2 Å². The number of nitrogens with zero attached hydrogens (tertiary/aromatic N) is 1. The molecule has 114 valence electrons. The Labute approximate surface area is 124 Å². The van der Waals surface area contributed by atoms with Crippen LogP contribution in [0.2, 0.25) is 0 Å². The van der Waals surface area contributed by atoms with Crippen LogP contribution in [0.5, 0.6) is 5.75 Å². The van der Waals surface area contributed by atoms with Crippen molar-refractivity contribution in [1.29, 1.82) is 5.26 Å². The minimum atomic E-state index is -3.51. The lowest BCUT2D eigenvalue weighted by Gasteiger charge is -2.12. The number of esters is 1. The lowest BCUT2D eigenvalue weighted by molar-refractivity contribution is -0.140. The van der Waals surface area contributed by atoms with Crippen LogP contribution in [0.4, 0.5) is 0 Å². The maximum absolute atomic E-state index is 12.2. The van der Waals surface area contributed by atoms with Crippen LogP contribution in [-0.4, -0.2) is 33.9 Å². The average Bonchev–Trinajstić information content (AvgIpc) is 2.46. The lowest BCUT2D eigenvalue weighted by Crippen LogP contribution is -2.23. The van der Waals surface area contributed by atoms with Crippen LogP contribution in [0, 0.1) is 11.3 Å². The van der Waals surface area contributed by atoms with E-state index in [1.54, 1.807) is 12.1 Å². The molecule has 1 unspecified atom stereocenters. The number of hydrogen-bond acceptors (Lipinski definition) is 6. The Morgan fingerprint density at radius 2 is 2.05 bits per heavy atom. The van der Waals surface area contributed by atoms with Crippen LogP contribution >= 0.6 is 0 Å². The van der Waals surface area contributed by atoms with Gasteiger partial charge in [-0.05, 0) is 24.6 Å². The van der Waals surface area contributed by atoms with E-state index in [2.05, 4.69) is 4.74 Å². The van der Waals surface area contributed by atoms with Gasteiger partial charge in [0, 0.05) is 0 Å². The van der Waals surface area contributed by atoms with Crippen LogP contribution in [0.3, 0.4) is 0 Å². The summed E-state index contributed by atoms with van der Waals surface area (Å²) in [5, 5.41) is 8.14. The van der Waals surface area contributed by atoms with Crippen molar-refractivity contribution in [1.82, 2.24) is 0 Å². The van der Waals surface area contributed by atoms with Gasteiger partial charge in [-0.3, -0.25) is 4.79 Å². The molecule has 7 heteroatoms. The van der Waals surface area contributed by atoms with E-state index in [0.29, 0.717) is 11.3 Å². The Kier molecular flexibility index (Phi) is 5.73. The maximum atomic E-state index is 12.2. The fraction of sp³-hybridized carbons (Fsp3) is 0.429. The van der Waals surface area contributed by atoms with E-state index in [9.17, 15) is 13.2 Å². The molecule has 0 aromatic heterocycles. The van der Waals surface area contributed by atoms with Gasteiger partial charge in [-0.2, -0.15) is 5.26 Å². The molecule has 1 aromatic carbocycles. The zero-order valence-electron chi connectivity index (χ0n) is 12.1. The third-order valence-corrected chi connectivity index (χ3v) is 5.18. The van der Waals surface area contributed by atoms with Gasteiger partial charge in [-0.25, -0.2) is 8.42 Å². The molecule has 0 spiro atoms. The first-order valence-electron chi connectivity index (χ1n) is 6.19. The van der Waals surface area contributed by atoms with Crippen molar-refractivity contribution in [2.45, 2.75) is 24.3 Å². The second-order valence-electron chi connectivity index (χ2n) is 4.54. The summed E-state index contributed by atoms with van der Waals surface area (Å²) in [6, 6.07) is 6.56. The summed E-state index contributed by atoms with van der Waals surface area (Å²) < 4.78 is 33.8. The molecule has 0 bridgehead atoms. The van der Waals surface area contributed by atoms with E-state index in [1.807, 2.05) is 6.07 Å². The molecule has 0 radical (unpaired) electrons. The highest BCUT2D eigenvalue weighted by Crippen LogP contribution is 2.21. The van der Waals surface area contributed by atoms with Gasteiger partial charge < -0.3 is 9.47 Å². The number of sulfone groups is 1. The zero-order chi connectivity index (χ0) is 16.0. The summed E-state index contributed by atoms with van der Waals surface area (Å²) in [5.74, 6) is -0.427. The lowest BCUT2D eigenvalue weighted by atomic mass is 10.1. The summed E-state index contributed by atoms with van der Waals surface area (Å²) in [6.07, 6.45) is -0.194. The maximum Gasteiger partial charge on any atom is 0.306 e. The molecular formula is C14H17NO5S. The van der Waals surface area contributed by atoms with Crippen molar-refractivity contribution in [2.24, 2.45) is 0 Å². The van der Waals surface area contributed by atoms with Gasteiger partial charge in [0.05, 0.1) is 37.2 Å². The number of nitriles is 1. The van der Waals surface area contributed by atoms with Crippen LogP contribution in [0.1, 0.15) is 24.5 Å². The van der Waals surface area contributed by atoms with Crippen molar-refractivity contribution >= 4 is 15.8 Å². The van der Waals surface area contributed by atoms with Gasteiger partial charge in [0.15, 0.2) is 9.84 Å². The molecule has 0 aliphatic heterocycles. The predicted molar refractivity (Wildman–Crippen MR) is 76.4 cm³/mol. The van der Waals surface area contributed by atoms with Crippen LogP contribution in [0.15, 0.2) is 18.2 Å². The number of hydrogen-bond donors (Lipinski definition) is 0. The molecule has 1 rings (SSSR count). The molecule has 0 amide bonds. The van der Waals surface area contributed by atoms with Gasteiger partial charge >= 0.3 is 5.97 Å². The Morgan fingerprint density at radius 3 is 2.57 bits per heavy atom. The first-order valence-corrected chi connectivity index (χ1v) is 7.91. The second kappa shape index (κ2) is 7.09. The molecule has 0 saturated carbocycles. The molecule has 21 heavy (non-hydrogen) atoms. The Balaban J connectivity index is 2.94. The zero-order valence-corrected chi connectivity index (χ0v) is 12.9. The number of methoxy groups -OCH3 is 2. The molecule has 0 fully saturated rings. The van der Waals surface area contributed by atoms with Crippen LogP contribution < -0.4 is 4.74 Å². The quantitative estimate of drug-likeness (QED) is 0.738. The summed E-state index contributed by atoms with van der Waals surface area (Å²) >= 11 is 0. The summed E-state index contributed by atoms with van der Waals surface area (Å²) in [5.41, 5.74) is 0.745. The first kappa shape index (κ1) is 17.0. The minimum Gasteiger partial charge on any atom is -0.495 e. The molecule has 1 aromatic rings. The Bertz CT molecular complexity index is 660. The standard InChI is InChI=1S/C14H17NO5S/c1-10(6-14(16)20-3)21(17,18)9-11-4-5-13(19-2)12(7-11)8-15/h4-5,7,10H,6,9H2,1-3H3. The smallest absolute Gasteiger partial charge is 0.306 e. The summed E-state index contributed by atoms with van der Waals surface area (Å²) in [6.45, 7) is 1.46. The molecule has 0 aliphatic carbocycles. The van der Waals surface area contributed by atoms with Crippen molar-refractivity contribution < 1.29 is 22.7 Å². The monoisotopic (exact) mass is 311 g/mol. The Morgan fingerprint density at radius 1 is 1.38 bits per heavy atom. The topological polar surface area (TPSA) is 93.5 Å². The SMILES string of the molecule is COC(=O)CC(C)S(=O)(=O)Cc1ccc(OC)c(C#N)c1. The van der Waals surface area contributed by atoms with Crippen LogP contribution in [-0.2, 0) is 25.1 Å². The predicted octanol–water partition coefficient (Wildman–Crippen LogP) is 1.43.